The van der Waals surface area contributed by atoms with Crippen molar-refractivity contribution in [2.24, 2.45) is 11.5 Å². The van der Waals surface area contributed by atoms with Gasteiger partial charge in [-0.05, 0) is 24.5 Å². The number of fused-ring (bicyclic) bond motifs is 1. The van der Waals surface area contributed by atoms with Crippen LogP contribution in [0.15, 0.2) is 24.4 Å². The standard InChI is InChI=1S/C14H19N5O/c15-13(20)14(16)3-5-19(6-4-14)9-10-1-2-11-8-17-18-12(11)7-10/h1-2,7-8H,3-6,9,16H2,(H2,15,20)(H,17,18). The third kappa shape index (κ3) is 2.39. The molecule has 1 aliphatic heterocycles. The number of rotatable bonds is 3. The summed E-state index contributed by atoms with van der Waals surface area (Å²) in [5.41, 5.74) is 12.8. The fraction of sp³-hybridized carbons (Fsp3) is 0.429. The van der Waals surface area contributed by atoms with E-state index in [1.165, 1.54) is 5.56 Å². The number of carbonyl (C=O) groups excluding carboxylic acids is 1. The van der Waals surface area contributed by atoms with Gasteiger partial charge in [0.15, 0.2) is 0 Å². The largest absolute Gasteiger partial charge is 0.368 e. The molecule has 0 aliphatic carbocycles. The SMILES string of the molecule is NC(=O)C1(N)CCN(Cc2ccc3cn[nH]c3c2)CC1. The van der Waals surface area contributed by atoms with Crippen LogP contribution in [0, 0.1) is 0 Å². The molecule has 6 nitrogen and oxygen atoms in total. The lowest BCUT2D eigenvalue weighted by Crippen LogP contribution is -2.58. The first-order chi connectivity index (χ1) is 9.57. The van der Waals surface area contributed by atoms with Crippen LogP contribution in [0.25, 0.3) is 10.9 Å². The summed E-state index contributed by atoms with van der Waals surface area (Å²) in [7, 11) is 0. The second-order valence-corrected chi connectivity index (χ2v) is 5.59. The maximum Gasteiger partial charge on any atom is 0.237 e. The van der Waals surface area contributed by atoms with Crippen molar-refractivity contribution >= 4 is 16.8 Å². The van der Waals surface area contributed by atoms with Crippen molar-refractivity contribution in [3.05, 3.63) is 30.0 Å². The number of aromatic amines is 1. The van der Waals surface area contributed by atoms with Crippen LogP contribution in [-0.2, 0) is 11.3 Å². The van der Waals surface area contributed by atoms with E-state index in [9.17, 15) is 4.79 Å². The predicted molar refractivity (Wildman–Crippen MR) is 76.7 cm³/mol. The van der Waals surface area contributed by atoms with Crippen molar-refractivity contribution in [1.82, 2.24) is 15.1 Å². The van der Waals surface area contributed by atoms with Gasteiger partial charge in [-0.15, -0.1) is 0 Å². The van der Waals surface area contributed by atoms with E-state index in [1.807, 2.05) is 6.20 Å². The zero-order valence-corrected chi connectivity index (χ0v) is 11.3. The van der Waals surface area contributed by atoms with Gasteiger partial charge in [-0.25, -0.2) is 0 Å². The van der Waals surface area contributed by atoms with E-state index < -0.39 is 11.4 Å². The number of hydrogen-bond acceptors (Lipinski definition) is 4. The monoisotopic (exact) mass is 273 g/mol. The Bertz CT molecular complexity index is 627. The van der Waals surface area contributed by atoms with E-state index in [1.54, 1.807) is 0 Å². The minimum absolute atomic E-state index is 0.393. The van der Waals surface area contributed by atoms with Gasteiger partial charge < -0.3 is 11.5 Å². The van der Waals surface area contributed by atoms with Gasteiger partial charge >= 0.3 is 0 Å². The van der Waals surface area contributed by atoms with Crippen molar-refractivity contribution in [3.8, 4) is 0 Å². The van der Waals surface area contributed by atoms with E-state index in [4.69, 9.17) is 11.5 Å². The summed E-state index contributed by atoms with van der Waals surface area (Å²) in [6, 6.07) is 6.28. The Balaban J connectivity index is 1.66. The average Bonchev–Trinajstić information content (AvgIpc) is 2.89. The first-order valence-corrected chi connectivity index (χ1v) is 6.80. The number of hydrogen-bond donors (Lipinski definition) is 3. The molecule has 6 heteroatoms. The van der Waals surface area contributed by atoms with Crippen molar-refractivity contribution in [3.63, 3.8) is 0 Å². The van der Waals surface area contributed by atoms with Crippen LogP contribution < -0.4 is 11.5 Å². The number of primary amides is 1. The fourth-order valence-corrected chi connectivity index (χ4v) is 2.70. The second-order valence-electron chi connectivity index (χ2n) is 5.59. The Hall–Kier alpha value is -1.92. The van der Waals surface area contributed by atoms with Crippen molar-refractivity contribution in [1.29, 1.82) is 0 Å². The van der Waals surface area contributed by atoms with Gasteiger partial charge in [-0.1, -0.05) is 12.1 Å². The zero-order chi connectivity index (χ0) is 14.2. The van der Waals surface area contributed by atoms with Crippen LogP contribution in [0.4, 0.5) is 0 Å². The van der Waals surface area contributed by atoms with Crippen LogP contribution >= 0.6 is 0 Å². The number of nitrogens with zero attached hydrogens (tertiary/aromatic N) is 2. The highest BCUT2D eigenvalue weighted by Crippen LogP contribution is 2.21. The number of H-pyrrole nitrogens is 1. The van der Waals surface area contributed by atoms with Gasteiger partial charge in [-0.3, -0.25) is 14.8 Å². The van der Waals surface area contributed by atoms with Gasteiger partial charge in [0.1, 0.15) is 0 Å². The summed E-state index contributed by atoms with van der Waals surface area (Å²) in [4.78, 5) is 13.6. The predicted octanol–water partition coefficient (Wildman–Crippen LogP) is 0.341. The van der Waals surface area contributed by atoms with Gasteiger partial charge in [0.2, 0.25) is 5.91 Å². The van der Waals surface area contributed by atoms with Gasteiger partial charge in [0, 0.05) is 25.0 Å². The quantitative estimate of drug-likeness (QED) is 0.750. The summed E-state index contributed by atoms with van der Waals surface area (Å²) >= 11 is 0. The highest BCUT2D eigenvalue weighted by Gasteiger charge is 2.35. The average molecular weight is 273 g/mol. The molecule has 0 radical (unpaired) electrons. The van der Waals surface area contributed by atoms with Gasteiger partial charge in [-0.2, -0.15) is 5.10 Å². The maximum atomic E-state index is 11.3. The Kier molecular flexibility index (Phi) is 3.19. The molecule has 0 atom stereocenters. The van der Waals surface area contributed by atoms with E-state index >= 15 is 0 Å². The molecule has 1 amide bonds. The van der Waals surface area contributed by atoms with Crippen molar-refractivity contribution in [2.75, 3.05) is 13.1 Å². The number of aromatic nitrogens is 2. The first-order valence-electron chi connectivity index (χ1n) is 6.80. The van der Waals surface area contributed by atoms with Crippen LogP contribution in [0.2, 0.25) is 0 Å². The molecule has 0 spiro atoms. The Labute approximate surface area is 117 Å². The van der Waals surface area contributed by atoms with Gasteiger partial charge in [0.25, 0.3) is 0 Å². The summed E-state index contributed by atoms with van der Waals surface area (Å²) in [5, 5.41) is 8.11. The summed E-state index contributed by atoms with van der Waals surface area (Å²) in [6.07, 6.45) is 3.05. The topological polar surface area (TPSA) is 101 Å². The number of nitrogens with two attached hydrogens (primary N) is 2. The third-order valence-corrected chi connectivity index (χ3v) is 4.15. The first kappa shape index (κ1) is 13.1. The molecular weight excluding hydrogens is 254 g/mol. The lowest BCUT2D eigenvalue weighted by molar-refractivity contribution is -0.124. The number of nitrogens with one attached hydrogen (secondary N) is 1. The smallest absolute Gasteiger partial charge is 0.237 e. The molecule has 0 saturated carbocycles. The molecule has 20 heavy (non-hydrogen) atoms. The van der Waals surface area contributed by atoms with Crippen molar-refractivity contribution < 1.29 is 4.79 Å². The highest BCUT2D eigenvalue weighted by atomic mass is 16.1. The highest BCUT2D eigenvalue weighted by molar-refractivity contribution is 5.84. The molecular formula is C14H19N5O. The van der Waals surface area contributed by atoms with Crippen LogP contribution in [-0.4, -0.2) is 39.6 Å². The van der Waals surface area contributed by atoms with Crippen LogP contribution in [0.1, 0.15) is 18.4 Å². The molecule has 2 aromatic rings. The number of carbonyl (C=O) groups is 1. The molecule has 2 heterocycles. The fourth-order valence-electron chi connectivity index (χ4n) is 2.70. The molecule has 1 aliphatic rings. The molecule has 1 aromatic heterocycles. The third-order valence-electron chi connectivity index (χ3n) is 4.15. The maximum absolute atomic E-state index is 11.3. The molecule has 0 unspecified atom stereocenters. The lowest BCUT2D eigenvalue weighted by Gasteiger charge is -2.36. The second kappa shape index (κ2) is 4.88. The summed E-state index contributed by atoms with van der Waals surface area (Å²) in [5.74, 6) is -0.393. The molecule has 1 fully saturated rings. The molecule has 1 saturated heterocycles. The normalized spacial score (nSPS) is 19.2. The molecule has 1 aromatic carbocycles. The zero-order valence-electron chi connectivity index (χ0n) is 11.3. The number of benzene rings is 1. The lowest BCUT2D eigenvalue weighted by atomic mass is 9.88. The van der Waals surface area contributed by atoms with Crippen molar-refractivity contribution in [2.45, 2.75) is 24.9 Å². The molecule has 0 bridgehead atoms. The van der Waals surface area contributed by atoms with Crippen LogP contribution in [0.3, 0.4) is 0 Å². The van der Waals surface area contributed by atoms with E-state index in [0.717, 1.165) is 30.5 Å². The summed E-state index contributed by atoms with van der Waals surface area (Å²) in [6.45, 7) is 2.44. The number of amides is 1. The Morgan fingerprint density at radius 3 is 2.85 bits per heavy atom. The number of likely N-dealkylation sites (tertiary alicyclic amines) is 1. The van der Waals surface area contributed by atoms with E-state index in [0.29, 0.717) is 12.8 Å². The molecule has 3 rings (SSSR count). The molecule has 106 valence electrons. The number of piperidine rings is 1. The van der Waals surface area contributed by atoms with E-state index in [-0.39, 0.29) is 0 Å². The Morgan fingerprint density at radius 1 is 1.40 bits per heavy atom. The minimum Gasteiger partial charge on any atom is -0.368 e. The molecule has 5 N–H and O–H groups in total. The van der Waals surface area contributed by atoms with E-state index in [2.05, 4.69) is 33.3 Å². The van der Waals surface area contributed by atoms with Crippen LogP contribution in [0.5, 0.6) is 0 Å². The Morgan fingerprint density at radius 2 is 2.15 bits per heavy atom. The van der Waals surface area contributed by atoms with Gasteiger partial charge in [0.05, 0.1) is 17.3 Å². The summed E-state index contributed by atoms with van der Waals surface area (Å²) < 4.78 is 0. The minimum atomic E-state index is -0.830.